The highest BCUT2D eigenvalue weighted by molar-refractivity contribution is 8.13. The second kappa shape index (κ2) is 7.29. The third-order valence-electron chi connectivity index (χ3n) is 2.21. The van der Waals surface area contributed by atoms with Gasteiger partial charge < -0.3 is 0 Å². The van der Waals surface area contributed by atoms with Crippen LogP contribution in [-0.4, -0.2) is 10.9 Å². The number of carbonyl (C=O) groups is 1. The van der Waals surface area contributed by atoms with Crippen LogP contribution in [0.25, 0.3) is 6.08 Å². The second-order valence-corrected chi connectivity index (χ2v) is 4.89. The summed E-state index contributed by atoms with van der Waals surface area (Å²) in [6.45, 7) is 3.78. The van der Waals surface area contributed by atoms with Gasteiger partial charge in [-0.1, -0.05) is 61.5 Å². The lowest BCUT2D eigenvalue weighted by Crippen LogP contribution is -1.83. The molecule has 0 aliphatic heterocycles. The number of rotatable bonds is 5. The van der Waals surface area contributed by atoms with Crippen molar-refractivity contribution in [3.05, 3.63) is 41.5 Å². The quantitative estimate of drug-likeness (QED) is 0.767. The highest BCUT2D eigenvalue weighted by atomic mass is 32.2. The van der Waals surface area contributed by atoms with Crippen molar-refractivity contribution in [2.45, 2.75) is 26.7 Å². The van der Waals surface area contributed by atoms with E-state index < -0.39 is 0 Å². The first-order valence-corrected chi connectivity index (χ1v) is 6.59. The summed E-state index contributed by atoms with van der Waals surface area (Å²) in [7, 11) is 0. The molecule has 0 fully saturated rings. The fourth-order valence-corrected chi connectivity index (χ4v) is 1.86. The molecule has 1 nitrogen and oxygen atoms in total. The van der Waals surface area contributed by atoms with Crippen LogP contribution in [0.15, 0.2) is 30.3 Å². The first-order chi connectivity index (χ1) is 7.72. The van der Waals surface area contributed by atoms with Gasteiger partial charge in [0.2, 0.25) is 0 Å². The number of thioether (sulfide) groups is 1. The van der Waals surface area contributed by atoms with Crippen LogP contribution in [-0.2, 0) is 11.2 Å². The van der Waals surface area contributed by atoms with Gasteiger partial charge in [-0.25, -0.2) is 0 Å². The van der Waals surface area contributed by atoms with Crippen molar-refractivity contribution in [2.75, 3.05) is 5.75 Å². The van der Waals surface area contributed by atoms with Crippen molar-refractivity contribution in [1.29, 1.82) is 0 Å². The third-order valence-corrected chi connectivity index (χ3v) is 2.98. The van der Waals surface area contributed by atoms with Crippen molar-refractivity contribution in [3.63, 3.8) is 0 Å². The third kappa shape index (κ3) is 5.17. The Labute approximate surface area is 102 Å². The van der Waals surface area contributed by atoms with Gasteiger partial charge in [-0.15, -0.1) is 0 Å². The lowest BCUT2D eigenvalue weighted by molar-refractivity contribution is -0.109. The van der Waals surface area contributed by atoms with Crippen molar-refractivity contribution in [1.82, 2.24) is 0 Å². The fourth-order valence-electron chi connectivity index (χ4n) is 1.43. The molecule has 0 saturated heterocycles. The molecule has 0 radical (unpaired) electrons. The van der Waals surface area contributed by atoms with Gasteiger partial charge in [-0.2, -0.15) is 0 Å². The zero-order valence-corrected chi connectivity index (χ0v) is 10.7. The maximum atomic E-state index is 10.7. The molecule has 1 rings (SSSR count). The van der Waals surface area contributed by atoms with Gasteiger partial charge in [-0.05, 0) is 17.5 Å². The van der Waals surface area contributed by atoms with E-state index in [4.69, 9.17) is 0 Å². The van der Waals surface area contributed by atoms with E-state index >= 15 is 0 Å². The molecular formula is C14H18OS. The van der Waals surface area contributed by atoms with Crippen molar-refractivity contribution >= 4 is 23.0 Å². The summed E-state index contributed by atoms with van der Waals surface area (Å²) in [4.78, 5) is 10.7. The largest absolute Gasteiger partial charge is 0.288 e. The van der Waals surface area contributed by atoms with Gasteiger partial charge >= 0.3 is 0 Å². The van der Waals surface area contributed by atoms with E-state index in [-0.39, 0.29) is 5.12 Å². The molecule has 0 aliphatic carbocycles. The van der Waals surface area contributed by atoms with E-state index in [2.05, 4.69) is 37.3 Å². The molecule has 0 spiro atoms. The maximum absolute atomic E-state index is 10.7. The minimum Gasteiger partial charge on any atom is -0.288 e. The zero-order chi connectivity index (χ0) is 11.8. The number of carbonyl (C=O) groups excluding carboxylic acids is 1. The Morgan fingerprint density at radius 3 is 2.56 bits per heavy atom. The van der Waals surface area contributed by atoms with E-state index in [0.29, 0.717) is 0 Å². The minimum absolute atomic E-state index is 0.169. The molecule has 0 aliphatic rings. The van der Waals surface area contributed by atoms with Crippen LogP contribution in [0.4, 0.5) is 0 Å². The van der Waals surface area contributed by atoms with E-state index in [1.807, 2.05) is 6.08 Å². The Hall–Kier alpha value is -1.02. The highest BCUT2D eigenvalue weighted by Gasteiger charge is 1.92. The molecule has 0 heterocycles. The summed E-state index contributed by atoms with van der Waals surface area (Å²) in [6.07, 6.45) is 6.42. The summed E-state index contributed by atoms with van der Waals surface area (Å²) >= 11 is 1.34. The van der Waals surface area contributed by atoms with Crippen LogP contribution >= 0.6 is 11.8 Å². The predicted octanol–water partition coefficient (Wildman–Crippen LogP) is 3.93. The Balaban J connectivity index is 2.45. The lowest BCUT2D eigenvalue weighted by atomic mass is 10.1. The second-order valence-electron chi connectivity index (χ2n) is 3.70. The highest BCUT2D eigenvalue weighted by Crippen LogP contribution is 2.09. The molecule has 0 atom stereocenters. The molecule has 16 heavy (non-hydrogen) atoms. The van der Waals surface area contributed by atoms with Gasteiger partial charge in [0.25, 0.3) is 0 Å². The smallest absolute Gasteiger partial charge is 0.186 e. The van der Waals surface area contributed by atoms with Crippen molar-refractivity contribution in [3.8, 4) is 0 Å². The molecule has 1 aromatic rings. The van der Waals surface area contributed by atoms with Crippen LogP contribution in [0.1, 0.15) is 31.4 Å². The van der Waals surface area contributed by atoms with Gasteiger partial charge in [0.15, 0.2) is 5.12 Å². The van der Waals surface area contributed by atoms with Crippen LogP contribution in [0, 0.1) is 0 Å². The van der Waals surface area contributed by atoms with Gasteiger partial charge in [0, 0.05) is 12.7 Å². The molecule has 0 saturated carbocycles. The Bertz CT molecular complexity index is 352. The average Bonchev–Trinajstić information content (AvgIpc) is 2.27. The van der Waals surface area contributed by atoms with Crippen LogP contribution in [0.2, 0.25) is 0 Å². The molecule has 0 amide bonds. The van der Waals surface area contributed by atoms with E-state index in [1.165, 1.54) is 29.3 Å². The normalized spacial score (nSPS) is 10.9. The summed E-state index contributed by atoms with van der Waals surface area (Å²) in [5, 5.41) is 0.169. The molecule has 1 aromatic carbocycles. The summed E-state index contributed by atoms with van der Waals surface area (Å²) in [6, 6.07) is 8.59. The molecule has 0 bridgehead atoms. The van der Waals surface area contributed by atoms with E-state index in [0.717, 1.165) is 12.2 Å². The monoisotopic (exact) mass is 234 g/mol. The summed E-state index contributed by atoms with van der Waals surface area (Å²) in [5.41, 5.74) is 2.58. The SMILES string of the molecule is CCCc1ccc(C=CCSC(C)=O)cc1. The molecule has 86 valence electrons. The lowest BCUT2D eigenvalue weighted by Gasteiger charge is -1.98. The Morgan fingerprint density at radius 1 is 1.31 bits per heavy atom. The Morgan fingerprint density at radius 2 is 2.00 bits per heavy atom. The number of hydrogen-bond donors (Lipinski definition) is 0. The molecule has 2 heteroatoms. The molecule has 0 aromatic heterocycles. The summed E-state index contributed by atoms with van der Waals surface area (Å²) < 4.78 is 0. The van der Waals surface area contributed by atoms with Crippen LogP contribution in [0.3, 0.4) is 0 Å². The molecule has 0 N–H and O–H groups in total. The van der Waals surface area contributed by atoms with Gasteiger partial charge in [0.05, 0.1) is 0 Å². The minimum atomic E-state index is 0.169. The zero-order valence-electron chi connectivity index (χ0n) is 9.90. The standard InChI is InChI=1S/C14H18OS/c1-3-5-13-7-9-14(10-8-13)6-4-11-16-12(2)15/h4,6-10H,3,5,11H2,1-2H3. The predicted molar refractivity (Wildman–Crippen MR) is 72.6 cm³/mol. The maximum Gasteiger partial charge on any atom is 0.186 e. The average molecular weight is 234 g/mol. The first-order valence-electron chi connectivity index (χ1n) is 5.61. The number of benzene rings is 1. The van der Waals surface area contributed by atoms with E-state index in [1.54, 1.807) is 6.92 Å². The Kier molecular flexibility index (Phi) is 5.94. The van der Waals surface area contributed by atoms with Gasteiger partial charge in [-0.3, -0.25) is 4.79 Å². The first kappa shape index (κ1) is 13.0. The topological polar surface area (TPSA) is 17.1 Å². The number of aryl methyl sites for hydroxylation is 1. The van der Waals surface area contributed by atoms with Crippen molar-refractivity contribution in [2.24, 2.45) is 0 Å². The van der Waals surface area contributed by atoms with Crippen molar-refractivity contribution < 1.29 is 4.79 Å². The molecular weight excluding hydrogens is 216 g/mol. The summed E-state index contributed by atoms with van der Waals surface area (Å²) in [5.74, 6) is 0.756. The number of hydrogen-bond acceptors (Lipinski definition) is 2. The van der Waals surface area contributed by atoms with Crippen LogP contribution < -0.4 is 0 Å². The van der Waals surface area contributed by atoms with Gasteiger partial charge in [0.1, 0.15) is 0 Å². The van der Waals surface area contributed by atoms with Crippen LogP contribution in [0.5, 0.6) is 0 Å². The molecule has 0 unspecified atom stereocenters. The van der Waals surface area contributed by atoms with E-state index in [9.17, 15) is 4.79 Å². The fraction of sp³-hybridized carbons (Fsp3) is 0.357.